The van der Waals surface area contributed by atoms with E-state index in [4.69, 9.17) is 4.74 Å². The lowest BCUT2D eigenvalue weighted by atomic mass is 9.86. The molecule has 0 aromatic heterocycles. The van der Waals surface area contributed by atoms with Gasteiger partial charge in [-0.25, -0.2) is 4.79 Å². The summed E-state index contributed by atoms with van der Waals surface area (Å²) in [5, 5.41) is 3.35. The first-order valence-electron chi connectivity index (χ1n) is 9.65. The number of ether oxygens (including phenoxy) is 1. The number of nitrogens with zero attached hydrogens (tertiary/aromatic N) is 2. The first kappa shape index (κ1) is 18.5. The zero-order chi connectivity index (χ0) is 19.6. The average molecular weight is 379 g/mol. The topological polar surface area (TPSA) is 61.9 Å². The lowest BCUT2D eigenvalue weighted by Gasteiger charge is -2.40. The zero-order valence-corrected chi connectivity index (χ0v) is 16.0. The summed E-state index contributed by atoms with van der Waals surface area (Å²) in [5.41, 5.74) is 1.13. The van der Waals surface area contributed by atoms with Gasteiger partial charge in [-0.3, -0.25) is 4.79 Å². The summed E-state index contributed by atoms with van der Waals surface area (Å²) in [4.78, 5) is 30.3. The molecule has 4 rings (SSSR count). The average Bonchev–Trinajstić information content (AvgIpc) is 3.02. The number of esters is 1. The minimum absolute atomic E-state index is 0.00268. The molecule has 28 heavy (non-hydrogen) atoms. The van der Waals surface area contributed by atoms with Gasteiger partial charge in [-0.05, 0) is 43.6 Å². The van der Waals surface area contributed by atoms with Crippen LogP contribution in [-0.2, 0) is 14.3 Å². The van der Waals surface area contributed by atoms with Gasteiger partial charge in [0.25, 0.3) is 5.91 Å². The Morgan fingerprint density at radius 2 is 1.64 bits per heavy atom. The number of carbonyl (C=O) groups excluding carboxylic acids is 2. The second-order valence-electron chi connectivity index (χ2n) is 7.30. The van der Waals surface area contributed by atoms with Crippen molar-refractivity contribution in [3.05, 3.63) is 66.2 Å². The number of para-hydroxylation sites is 1. The predicted octanol–water partition coefficient (Wildman–Crippen LogP) is 2.33. The van der Waals surface area contributed by atoms with Gasteiger partial charge in [-0.1, -0.05) is 48.5 Å². The third kappa shape index (κ3) is 3.03. The van der Waals surface area contributed by atoms with E-state index < -0.39 is 17.6 Å². The number of amides is 1. The fraction of sp³-hybridized carbons (Fsp3) is 0.364. The second kappa shape index (κ2) is 7.64. The molecule has 2 fully saturated rings. The van der Waals surface area contributed by atoms with E-state index in [2.05, 4.69) is 10.2 Å². The Hall–Kier alpha value is -2.86. The molecule has 2 saturated heterocycles. The summed E-state index contributed by atoms with van der Waals surface area (Å²) >= 11 is 0. The molecular formula is C22H25N3O3. The summed E-state index contributed by atoms with van der Waals surface area (Å²) in [7, 11) is 1.37. The highest BCUT2D eigenvalue weighted by atomic mass is 16.5. The minimum atomic E-state index is -0.751. The van der Waals surface area contributed by atoms with Crippen LogP contribution in [-0.4, -0.2) is 49.2 Å². The Morgan fingerprint density at radius 3 is 2.25 bits per heavy atom. The van der Waals surface area contributed by atoms with Crippen LogP contribution in [0.2, 0.25) is 0 Å². The van der Waals surface area contributed by atoms with Crippen LogP contribution in [0.1, 0.15) is 24.4 Å². The smallest absolute Gasteiger partial charge is 0.333 e. The van der Waals surface area contributed by atoms with Crippen LogP contribution >= 0.6 is 0 Å². The van der Waals surface area contributed by atoms with Gasteiger partial charge in [-0.2, -0.15) is 0 Å². The van der Waals surface area contributed by atoms with Crippen molar-refractivity contribution < 1.29 is 14.3 Å². The second-order valence-corrected chi connectivity index (χ2v) is 7.30. The summed E-state index contributed by atoms with van der Waals surface area (Å²) in [6, 6.07) is 18.6. The summed E-state index contributed by atoms with van der Waals surface area (Å²) < 4.78 is 5.08. The van der Waals surface area contributed by atoms with E-state index >= 15 is 0 Å². The summed E-state index contributed by atoms with van der Waals surface area (Å²) in [5.74, 6) is -0.421. The maximum absolute atomic E-state index is 13.7. The monoisotopic (exact) mass is 379 g/mol. The molecule has 1 atom stereocenters. The van der Waals surface area contributed by atoms with Crippen molar-refractivity contribution in [1.29, 1.82) is 0 Å². The molecule has 2 aromatic carbocycles. The Labute approximate surface area is 165 Å². The molecule has 1 spiro atoms. The Kier molecular flexibility index (Phi) is 5.05. The van der Waals surface area contributed by atoms with E-state index in [0.29, 0.717) is 19.5 Å². The number of rotatable bonds is 4. The molecule has 0 aliphatic carbocycles. The third-order valence-electron chi connectivity index (χ3n) is 5.82. The van der Waals surface area contributed by atoms with Crippen molar-refractivity contribution in [3.63, 3.8) is 0 Å². The number of nitrogens with one attached hydrogen (secondary N) is 1. The highest BCUT2D eigenvalue weighted by Gasteiger charge is 2.55. The van der Waals surface area contributed by atoms with Crippen LogP contribution in [0.3, 0.4) is 0 Å². The maximum atomic E-state index is 13.7. The minimum Gasteiger partial charge on any atom is -0.467 e. The molecule has 1 amide bonds. The Morgan fingerprint density at radius 1 is 1.04 bits per heavy atom. The van der Waals surface area contributed by atoms with Crippen molar-refractivity contribution in [2.24, 2.45) is 0 Å². The van der Waals surface area contributed by atoms with Crippen LogP contribution < -0.4 is 10.2 Å². The number of carbonyl (C=O) groups is 2. The molecule has 0 bridgehead atoms. The van der Waals surface area contributed by atoms with Gasteiger partial charge in [0.05, 0.1) is 13.8 Å². The maximum Gasteiger partial charge on any atom is 0.333 e. The Balaban J connectivity index is 1.77. The Bertz CT molecular complexity index is 835. The molecule has 2 aliphatic heterocycles. The number of anilines is 1. The van der Waals surface area contributed by atoms with Crippen LogP contribution in [0.25, 0.3) is 0 Å². The van der Waals surface area contributed by atoms with E-state index in [0.717, 1.165) is 24.3 Å². The number of hydrogen-bond donors (Lipinski definition) is 1. The molecule has 146 valence electrons. The lowest BCUT2D eigenvalue weighted by Crippen LogP contribution is -2.55. The summed E-state index contributed by atoms with van der Waals surface area (Å²) in [6.07, 6.45) is 1.42. The van der Waals surface area contributed by atoms with E-state index in [1.54, 1.807) is 4.90 Å². The largest absolute Gasteiger partial charge is 0.467 e. The molecular weight excluding hydrogens is 354 g/mol. The highest BCUT2D eigenvalue weighted by molar-refractivity contribution is 5.96. The fourth-order valence-corrected chi connectivity index (χ4v) is 4.38. The third-order valence-corrected chi connectivity index (χ3v) is 5.82. The van der Waals surface area contributed by atoms with Gasteiger partial charge in [0.2, 0.25) is 0 Å². The zero-order valence-electron chi connectivity index (χ0n) is 16.0. The molecule has 0 radical (unpaired) electrons. The van der Waals surface area contributed by atoms with Gasteiger partial charge in [0.1, 0.15) is 5.54 Å². The van der Waals surface area contributed by atoms with Crippen molar-refractivity contribution in [3.8, 4) is 0 Å². The summed E-state index contributed by atoms with van der Waals surface area (Å²) in [6.45, 7) is 1.91. The highest BCUT2D eigenvalue weighted by Crippen LogP contribution is 2.41. The number of benzene rings is 2. The van der Waals surface area contributed by atoms with Crippen LogP contribution in [0.5, 0.6) is 0 Å². The number of methoxy groups -OCH3 is 1. The SMILES string of the molecule is COC(=O)[C@@H](c1ccccc1)N1CN(c2ccccc2)C2(CCNCC2)C1=O. The first-order chi connectivity index (χ1) is 13.7. The lowest BCUT2D eigenvalue weighted by molar-refractivity contribution is -0.152. The molecule has 1 N–H and O–H groups in total. The van der Waals surface area contributed by atoms with Crippen molar-refractivity contribution in [2.75, 3.05) is 31.8 Å². The van der Waals surface area contributed by atoms with Crippen LogP contribution in [0, 0.1) is 0 Å². The van der Waals surface area contributed by atoms with Crippen molar-refractivity contribution >= 4 is 17.6 Å². The van der Waals surface area contributed by atoms with E-state index in [1.165, 1.54) is 7.11 Å². The first-order valence-corrected chi connectivity index (χ1v) is 9.65. The van der Waals surface area contributed by atoms with Gasteiger partial charge in [0.15, 0.2) is 6.04 Å². The normalized spacial score (nSPS) is 19.7. The van der Waals surface area contributed by atoms with Gasteiger partial charge >= 0.3 is 5.97 Å². The van der Waals surface area contributed by atoms with Crippen molar-refractivity contribution in [1.82, 2.24) is 10.2 Å². The quantitative estimate of drug-likeness (QED) is 0.827. The number of piperidine rings is 1. The molecule has 6 heteroatoms. The van der Waals surface area contributed by atoms with E-state index in [1.807, 2.05) is 60.7 Å². The van der Waals surface area contributed by atoms with Gasteiger partial charge < -0.3 is 19.9 Å². The molecule has 2 heterocycles. The number of hydrogen-bond acceptors (Lipinski definition) is 5. The van der Waals surface area contributed by atoms with Crippen molar-refractivity contribution in [2.45, 2.75) is 24.4 Å². The predicted molar refractivity (Wildman–Crippen MR) is 107 cm³/mol. The van der Waals surface area contributed by atoms with Gasteiger partial charge in [0, 0.05) is 5.69 Å². The standard InChI is InChI=1S/C22H25N3O3/c1-28-20(26)19(17-8-4-2-5-9-17)24-16-25(18-10-6-3-7-11-18)22(21(24)27)12-14-23-15-13-22/h2-11,19,23H,12-16H2,1H3/t19-/m1/s1. The fourth-order valence-electron chi connectivity index (χ4n) is 4.38. The molecule has 0 saturated carbocycles. The molecule has 6 nitrogen and oxygen atoms in total. The van der Waals surface area contributed by atoms with E-state index in [-0.39, 0.29) is 5.91 Å². The van der Waals surface area contributed by atoms with Crippen LogP contribution in [0.15, 0.2) is 60.7 Å². The molecule has 2 aliphatic rings. The molecule has 0 unspecified atom stereocenters. The van der Waals surface area contributed by atoms with Crippen LogP contribution in [0.4, 0.5) is 5.69 Å². The molecule has 2 aromatic rings. The van der Waals surface area contributed by atoms with E-state index in [9.17, 15) is 9.59 Å². The van der Waals surface area contributed by atoms with Gasteiger partial charge in [-0.15, -0.1) is 0 Å².